The molecule has 2 aliphatic rings. The minimum absolute atomic E-state index is 0.0326. The maximum atomic E-state index is 13.2. The van der Waals surface area contributed by atoms with Crippen LogP contribution in [-0.4, -0.2) is 29.8 Å². The summed E-state index contributed by atoms with van der Waals surface area (Å²) in [5.74, 6) is -0.586. The number of amides is 2. The number of benzene rings is 2. The predicted octanol–water partition coefficient (Wildman–Crippen LogP) is 5.40. The Labute approximate surface area is 198 Å². The van der Waals surface area contributed by atoms with Crippen LogP contribution in [0.4, 0.5) is 13.2 Å². The van der Waals surface area contributed by atoms with E-state index in [4.69, 9.17) is 5.73 Å². The molecule has 0 radical (unpaired) electrons. The van der Waals surface area contributed by atoms with Gasteiger partial charge in [0.25, 0.3) is 0 Å². The van der Waals surface area contributed by atoms with Crippen molar-refractivity contribution in [1.82, 2.24) is 4.90 Å². The maximum absolute atomic E-state index is 13.2. The van der Waals surface area contributed by atoms with E-state index in [-0.39, 0.29) is 35.1 Å². The number of primary amides is 1. The number of nitrogens with two attached hydrogens (primary N) is 1. The van der Waals surface area contributed by atoms with Crippen molar-refractivity contribution in [2.75, 3.05) is 13.1 Å². The summed E-state index contributed by atoms with van der Waals surface area (Å²) in [6.07, 6.45) is 0.496. The topological polar surface area (TPSA) is 63.4 Å². The van der Waals surface area contributed by atoms with Crippen LogP contribution in [0.15, 0.2) is 53.0 Å². The number of hydrogen-bond donors (Lipinski definition) is 1. The highest BCUT2D eigenvalue weighted by Crippen LogP contribution is 2.54. The van der Waals surface area contributed by atoms with E-state index < -0.39 is 11.7 Å². The number of carbonyl (C=O) groups excluding carboxylic acids is 2. The lowest BCUT2D eigenvalue weighted by Crippen LogP contribution is -2.44. The summed E-state index contributed by atoms with van der Waals surface area (Å²) >= 11 is 3.67. The van der Waals surface area contributed by atoms with Crippen LogP contribution in [0.25, 0.3) is 6.08 Å². The number of nitrogens with zero attached hydrogens (tertiary/aromatic N) is 1. The molecule has 2 N–H and O–H groups in total. The number of piperidine rings is 1. The molecule has 2 amide bonds. The van der Waals surface area contributed by atoms with Crippen LogP contribution in [0.2, 0.25) is 0 Å². The van der Waals surface area contributed by atoms with Gasteiger partial charge in [0.05, 0.1) is 5.56 Å². The van der Waals surface area contributed by atoms with Crippen molar-refractivity contribution in [1.29, 1.82) is 0 Å². The molecular weight excluding hydrogens is 497 g/mol. The van der Waals surface area contributed by atoms with Crippen molar-refractivity contribution in [3.63, 3.8) is 0 Å². The third-order valence-corrected chi connectivity index (χ3v) is 7.47. The Morgan fingerprint density at radius 1 is 1.12 bits per heavy atom. The number of carbonyl (C=O) groups is 2. The number of likely N-dealkylation sites (tertiary alicyclic amines) is 1. The third-order valence-electron chi connectivity index (χ3n) is 6.80. The normalized spacial score (nSPS) is 19.8. The maximum Gasteiger partial charge on any atom is 0.416 e. The minimum atomic E-state index is -4.48. The first-order valence-electron chi connectivity index (χ1n) is 10.8. The van der Waals surface area contributed by atoms with Crippen LogP contribution < -0.4 is 5.73 Å². The fourth-order valence-electron chi connectivity index (χ4n) is 5.33. The van der Waals surface area contributed by atoms with Crippen LogP contribution in [0.1, 0.15) is 53.9 Å². The first-order chi connectivity index (χ1) is 15.6. The third kappa shape index (κ3) is 4.71. The molecule has 1 fully saturated rings. The first kappa shape index (κ1) is 23.5. The van der Waals surface area contributed by atoms with Crippen LogP contribution in [-0.2, 0) is 21.2 Å². The van der Waals surface area contributed by atoms with Crippen molar-refractivity contribution in [3.05, 3.63) is 75.3 Å². The molecule has 1 aliphatic carbocycles. The number of fused-ring (bicyclic) bond motifs is 2. The summed E-state index contributed by atoms with van der Waals surface area (Å²) in [6.45, 7) is 0.988. The van der Waals surface area contributed by atoms with Crippen molar-refractivity contribution in [2.24, 2.45) is 5.73 Å². The molecule has 1 saturated heterocycles. The summed E-state index contributed by atoms with van der Waals surface area (Å²) in [4.78, 5) is 26.0. The van der Waals surface area contributed by atoms with Gasteiger partial charge >= 0.3 is 6.18 Å². The second-order valence-electron chi connectivity index (χ2n) is 8.80. The largest absolute Gasteiger partial charge is 0.416 e. The van der Waals surface area contributed by atoms with E-state index in [1.807, 2.05) is 18.2 Å². The van der Waals surface area contributed by atoms with Crippen LogP contribution >= 0.6 is 15.9 Å². The Morgan fingerprint density at radius 2 is 1.82 bits per heavy atom. The van der Waals surface area contributed by atoms with Gasteiger partial charge in [-0.25, -0.2) is 0 Å². The van der Waals surface area contributed by atoms with E-state index in [0.29, 0.717) is 13.1 Å². The summed E-state index contributed by atoms with van der Waals surface area (Å²) < 4.78 is 40.6. The lowest BCUT2D eigenvalue weighted by Gasteiger charge is -2.40. The van der Waals surface area contributed by atoms with E-state index >= 15 is 0 Å². The van der Waals surface area contributed by atoms with E-state index in [1.54, 1.807) is 4.90 Å². The Morgan fingerprint density at radius 3 is 2.48 bits per heavy atom. The summed E-state index contributed by atoms with van der Waals surface area (Å²) in [5.41, 5.74) is 6.86. The van der Waals surface area contributed by atoms with Gasteiger partial charge in [-0.05, 0) is 60.1 Å². The van der Waals surface area contributed by atoms with Crippen LogP contribution in [0, 0.1) is 0 Å². The monoisotopic (exact) mass is 520 g/mol. The molecule has 2 aromatic rings. The molecule has 33 heavy (non-hydrogen) atoms. The zero-order chi connectivity index (χ0) is 23.8. The van der Waals surface area contributed by atoms with Gasteiger partial charge in [0, 0.05) is 35.5 Å². The lowest BCUT2D eigenvalue weighted by molar-refractivity contribution is -0.137. The van der Waals surface area contributed by atoms with Gasteiger partial charge in [0.1, 0.15) is 0 Å². The van der Waals surface area contributed by atoms with Gasteiger partial charge in [0.15, 0.2) is 0 Å². The van der Waals surface area contributed by atoms with Crippen molar-refractivity contribution >= 4 is 33.8 Å². The zero-order valence-corrected chi connectivity index (χ0v) is 19.5. The Kier molecular flexibility index (Phi) is 6.40. The number of rotatable bonds is 4. The van der Waals surface area contributed by atoms with Gasteiger partial charge in [-0.2, -0.15) is 13.2 Å². The smallest absolute Gasteiger partial charge is 0.370 e. The molecule has 1 atom stereocenters. The van der Waals surface area contributed by atoms with Crippen molar-refractivity contribution in [3.8, 4) is 0 Å². The molecule has 1 heterocycles. The molecule has 4 nitrogen and oxygen atoms in total. The highest BCUT2D eigenvalue weighted by atomic mass is 79.9. The van der Waals surface area contributed by atoms with Gasteiger partial charge in [-0.3, -0.25) is 9.59 Å². The molecule has 1 aliphatic heterocycles. The van der Waals surface area contributed by atoms with Gasteiger partial charge in [0.2, 0.25) is 11.8 Å². The van der Waals surface area contributed by atoms with E-state index in [0.717, 1.165) is 35.4 Å². The van der Waals surface area contributed by atoms with Gasteiger partial charge in [-0.15, -0.1) is 0 Å². The summed E-state index contributed by atoms with van der Waals surface area (Å²) in [5, 5.41) is 0. The van der Waals surface area contributed by atoms with E-state index in [2.05, 4.69) is 15.9 Å². The van der Waals surface area contributed by atoms with Crippen molar-refractivity contribution < 1.29 is 22.8 Å². The Bertz CT molecular complexity index is 1110. The summed E-state index contributed by atoms with van der Waals surface area (Å²) in [6, 6.07) is 11.2. The van der Waals surface area contributed by atoms with Crippen LogP contribution in [0.5, 0.6) is 0 Å². The second kappa shape index (κ2) is 8.97. The average Bonchev–Trinajstić information content (AvgIpc) is 3.05. The number of alkyl halides is 3. The second-order valence-corrected chi connectivity index (χ2v) is 9.65. The Balaban J connectivity index is 1.49. The fourth-order valence-corrected chi connectivity index (χ4v) is 6.13. The van der Waals surface area contributed by atoms with Crippen molar-refractivity contribution in [2.45, 2.75) is 43.2 Å². The standard InChI is InChI=1S/C25H24BrF3N2O2/c26-20-7-3-5-18-17(14-21(30)32)15-24(23(18)20)10-12-31(13-11-24)22(33)9-8-16-4-1-2-6-19(16)25(27,28)29/h1-9,17H,10-15H2,(H2,30,32). The lowest BCUT2D eigenvalue weighted by atomic mass is 9.73. The molecule has 2 aromatic carbocycles. The molecule has 4 rings (SSSR count). The molecule has 8 heteroatoms. The quantitative estimate of drug-likeness (QED) is 0.548. The first-order valence-corrected chi connectivity index (χ1v) is 11.6. The highest BCUT2D eigenvalue weighted by molar-refractivity contribution is 9.10. The molecular formula is C25H24BrF3N2O2. The number of hydrogen-bond acceptors (Lipinski definition) is 2. The molecule has 1 spiro atoms. The van der Waals surface area contributed by atoms with E-state index in [9.17, 15) is 22.8 Å². The predicted molar refractivity (Wildman–Crippen MR) is 123 cm³/mol. The summed E-state index contributed by atoms with van der Waals surface area (Å²) in [7, 11) is 0. The van der Waals surface area contributed by atoms with E-state index in [1.165, 1.54) is 35.9 Å². The highest BCUT2D eigenvalue weighted by Gasteiger charge is 2.47. The molecule has 0 aromatic heterocycles. The van der Waals surface area contributed by atoms with Gasteiger partial charge < -0.3 is 10.6 Å². The number of halogens is 4. The van der Waals surface area contributed by atoms with Gasteiger partial charge in [-0.1, -0.05) is 46.3 Å². The Hall–Kier alpha value is -2.61. The average molecular weight is 521 g/mol. The zero-order valence-electron chi connectivity index (χ0n) is 17.9. The molecule has 174 valence electrons. The molecule has 0 bridgehead atoms. The molecule has 1 unspecified atom stereocenters. The minimum Gasteiger partial charge on any atom is -0.370 e. The van der Waals surface area contributed by atoms with Crippen LogP contribution in [0.3, 0.4) is 0 Å². The molecule has 0 saturated carbocycles. The SMILES string of the molecule is NC(=O)CC1CC2(CCN(C(=O)C=Cc3ccccc3C(F)(F)F)CC2)c2c(Br)cccc21. The fraction of sp³-hybridized carbons (Fsp3) is 0.360.